The van der Waals surface area contributed by atoms with Crippen molar-refractivity contribution in [2.45, 2.75) is 260 Å². The van der Waals surface area contributed by atoms with E-state index in [0.29, 0.717) is 87.3 Å². The number of halogens is 2. The van der Waals surface area contributed by atoms with E-state index in [0.717, 1.165) is 84.3 Å². The summed E-state index contributed by atoms with van der Waals surface area (Å²) in [7, 11) is -6.33. The molecule has 18 nitrogen and oxygen atoms in total. The first kappa shape index (κ1) is 78.6. The Morgan fingerprint density at radius 3 is 1.42 bits per heavy atom. The number of hydrogen-bond donors (Lipinski definition) is 4. The Kier molecular flexibility index (Phi) is 28.0. The lowest BCUT2D eigenvalue weighted by Gasteiger charge is -2.39. The number of rotatable bonds is 28. The smallest absolute Gasteiger partial charge is 0.228 e. The Morgan fingerprint density at radius 1 is 0.576 bits per heavy atom. The molecule has 92 heavy (non-hydrogen) atoms. The summed E-state index contributed by atoms with van der Waals surface area (Å²) in [5, 5.41) is 22.9. The van der Waals surface area contributed by atoms with Gasteiger partial charge in [-0.05, 0) is 123 Å². The van der Waals surface area contributed by atoms with Crippen molar-refractivity contribution in [2.75, 3.05) is 37.1 Å². The van der Waals surface area contributed by atoms with Crippen molar-refractivity contribution in [3.63, 3.8) is 0 Å². The first-order valence-corrected chi connectivity index (χ1v) is 47.3. The highest BCUT2D eigenvalue weighted by Gasteiger charge is 2.41. The minimum Gasteiger partial charge on any atom is -0.416 e. The standard InChI is InChI=1S/2C34H58ClN5O4Si2/c1-24(41)37-26-14-12-13-25(17-26)32(42)38-31-18-27(29(35)20-36-31)28-21-40(23-43-15-16-45(7,8)9)39-30(28)19-34(5,6)22-44-46(10,11)33(2,3)4;1-24(41)38-26-14-12-13-25(17-26)32(42)39-31-18-27(29(35)21-36-31)28-20-37-40(23-43-15-16-45(7,8)9)30(28)19-34(5,6)22-44-46(10,11)33(2,3)4/h18,20-21,25-26H,12-17,19,22-23H2,1-11H3,(H,37,41)(H,36,38,42);18,20-21,25-26H,12-17,19,22-23H2,1-11H3,(H,38,41)(H,36,39,42)/t2*25-,26+/m00/s1. The predicted octanol–water partition coefficient (Wildman–Crippen LogP) is 16.3. The van der Waals surface area contributed by atoms with E-state index in [1.807, 2.05) is 33.9 Å². The highest BCUT2D eigenvalue weighted by atomic mass is 35.5. The molecule has 0 saturated heterocycles. The highest BCUT2D eigenvalue weighted by molar-refractivity contribution is 6.76. The molecule has 4 heterocycles. The molecule has 6 rings (SSSR count). The van der Waals surface area contributed by atoms with Crippen LogP contribution < -0.4 is 21.3 Å². The molecule has 0 unspecified atom stereocenters. The molecule has 0 bridgehead atoms. The van der Waals surface area contributed by atoms with Crippen molar-refractivity contribution in [3.05, 3.63) is 58.4 Å². The van der Waals surface area contributed by atoms with Gasteiger partial charge in [-0.15, -0.1) is 0 Å². The van der Waals surface area contributed by atoms with Crippen molar-refractivity contribution in [3.8, 4) is 22.3 Å². The molecule has 2 fully saturated rings. The largest absolute Gasteiger partial charge is 0.416 e. The van der Waals surface area contributed by atoms with Crippen molar-refractivity contribution >= 4 is 91.2 Å². The molecule has 4 aromatic heterocycles. The maximum absolute atomic E-state index is 13.3. The molecule has 4 aromatic rings. The maximum atomic E-state index is 13.3. The Bertz CT molecular complexity index is 3010. The fourth-order valence-corrected chi connectivity index (χ4v) is 14.9. The van der Waals surface area contributed by atoms with Gasteiger partial charge in [-0.3, -0.25) is 19.2 Å². The van der Waals surface area contributed by atoms with Gasteiger partial charge in [0, 0.05) is 127 Å². The molecule has 2 saturated carbocycles. The van der Waals surface area contributed by atoms with Gasteiger partial charge in [0.1, 0.15) is 25.1 Å². The lowest BCUT2D eigenvalue weighted by Crippen LogP contribution is -2.43. The average Bonchev–Trinajstić information content (AvgIpc) is 1.59. The number of anilines is 2. The van der Waals surface area contributed by atoms with E-state index in [-0.39, 0.29) is 68.5 Å². The van der Waals surface area contributed by atoms with Gasteiger partial charge in [0.15, 0.2) is 16.6 Å². The Balaban J connectivity index is 0.000000334. The number of nitrogens with one attached hydrogen (secondary N) is 4. The summed E-state index contributed by atoms with van der Waals surface area (Å²) in [6, 6.07) is 5.86. The van der Waals surface area contributed by atoms with Crippen molar-refractivity contribution in [1.29, 1.82) is 0 Å². The molecule has 4 atom stereocenters. The number of amides is 4. The van der Waals surface area contributed by atoms with E-state index in [1.165, 1.54) is 13.8 Å². The third-order valence-electron chi connectivity index (χ3n) is 18.5. The number of nitrogens with zero attached hydrogens (tertiary/aromatic N) is 6. The van der Waals surface area contributed by atoms with Crippen LogP contribution in [0.2, 0.25) is 97.7 Å². The van der Waals surface area contributed by atoms with Crippen LogP contribution in [-0.2, 0) is 63.8 Å². The topological polar surface area (TPSA) is 215 Å². The lowest BCUT2D eigenvalue weighted by molar-refractivity contribution is -0.123. The van der Waals surface area contributed by atoms with Crippen LogP contribution in [0.1, 0.15) is 146 Å². The lowest BCUT2D eigenvalue weighted by atomic mass is 9.85. The van der Waals surface area contributed by atoms with Crippen LogP contribution in [0.4, 0.5) is 11.6 Å². The quantitative estimate of drug-likeness (QED) is 0.0309. The third-order valence-corrected chi connectivity index (χ3v) is 31.4. The van der Waals surface area contributed by atoms with Gasteiger partial charge in [0.05, 0.1) is 21.9 Å². The first-order chi connectivity index (χ1) is 42.3. The van der Waals surface area contributed by atoms with Gasteiger partial charge in [-0.1, -0.05) is 145 Å². The van der Waals surface area contributed by atoms with Gasteiger partial charge < -0.3 is 39.6 Å². The van der Waals surface area contributed by atoms with Gasteiger partial charge in [-0.25, -0.2) is 19.3 Å². The second-order valence-electron chi connectivity index (χ2n) is 33.1. The second kappa shape index (κ2) is 32.8. The zero-order valence-corrected chi connectivity index (χ0v) is 65.7. The van der Waals surface area contributed by atoms with Crippen LogP contribution in [0.5, 0.6) is 0 Å². The number of pyridine rings is 2. The van der Waals surface area contributed by atoms with Crippen molar-refractivity contribution in [2.24, 2.45) is 22.7 Å². The second-order valence-corrected chi connectivity index (χ2v) is 54.8. The Morgan fingerprint density at radius 2 is 1.00 bits per heavy atom. The molecule has 0 aromatic carbocycles. The summed E-state index contributed by atoms with van der Waals surface area (Å²) in [6.07, 6.45) is 14.7. The van der Waals surface area contributed by atoms with Gasteiger partial charge >= 0.3 is 0 Å². The first-order valence-electron chi connectivity index (χ1n) is 33.4. The zero-order valence-electron chi connectivity index (χ0n) is 60.2. The number of carbonyl (C=O) groups is 4. The van der Waals surface area contributed by atoms with Crippen LogP contribution in [0, 0.1) is 22.7 Å². The molecule has 516 valence electrons. The van der Waals surface area contributed by atoms with E-state index in [9.17, 15) is 19.2 Å². The number of carbonyl (C=O) groups excluding carboxylic acids is 4. The zero-order chi connectivity index (χ0) is 69.0. The molecular formula is C68H116Cl2N10O8Si4. The average molecular weight is 1380 g/mol. The van der Waals surface area contributed by atoms with E-state index >= 15 is 0 Å². The number of aromatic nitrogens is 6. The molecule has 0 spiro atoms. The third kappa shape index (κ3) is 25.1. The summed E-state index contributed by atoms with van der Waals surface area (Å²) in [6.45, 7) is 52.0. The molecule has 4 amide bonds. The summed E-state index contributed by atoms with van der Waals surface area (Å²) < 4.78 is 29.3. The maximum Gasteiger partial charge on any atom is 0.228 e. The molecule has 4 N–H and O–H groups in total. The Hall–Kier alpha value is -4.11. The predicted molar refractivity (Wildman–Crippen MR) is 387 cm³/mol. The monoisotopic (exact) mass is 1380 g/mol. The summed E-state index contributed by atoms with van der Waals surface area (Å²) in [5.74, 6) is 0.177. The van der Waals surface area contributed by atoms with Crippen molar-refractivity contribution < 1.29 is 37.5 Å². The highest BCUT2D eigenvalue weighted by Crippen LogP contribution is 2.42. The SMILES string of the molecule is CC(=O)N[C@@H]1CCC[C@H](C(=O)Nc2cc(-c3cn(COCC[Si](C)(C)C)nc3CC(C)(C)CO[Si](C)(C)C(C)(C)C)c(Cl)cn2)C1.CC(=O)N[C@@H]1CCC[C@H](C(=O)Nc2cc(-c3cnn(COCC[Si](C)(C)C)c3CC(C)(C)CO[Si](C)(C)C(C)(C)C)c(Cl)cn2)C1. The molecule has 0 aliphatic heterocycles. The van der Waals surface area contributed by atoms with Gasteiger partial charge in [-0.2, -0.15) is 10.2 Å². The summed E-state index contributed by atoms with van der Waals surface area (Å²) >= 11 is 13.6. The minimum atomic E-state index is -1.94. The summed E-state index contributed by atoms with van der Waals surface area (Å²) in [5.41, 5.74) is 4.82. The summed E-state index contributed by atoms with van der Waals surface area (Å²) in [4.78, 5) is 58.6. The van der Waals surface area contributed by atoms with E-state index < -0.39 is 32.8 Å². The molecule has 24 heteroatoms. The number of ether oxygens (including phenoxy) is 2. The molecule has 2 aliphatic rings. The van der Waals surface area contributed by atoms with Crippen molar-refractivity contribution in [1.82, 2.24) is 40.2 Å². The van der Waals surface area contributed by atoms with E-state index in [2.05, 4.69) is 166 Å². The molecule has 2 aliphatic carbocycles. The van der Waals surface area contributed by atoms with Gasteiger partial charge in [0.2, 0.25) is 23.6 Å². The number of hydrogen-bond acceptors (Lipinski definition) is 12. The van der Waals surface area contributed by atoms with E-state index in [1.54, 1.807) is 12.4 Å². The normalized spacial score (nSPS) is 18.0. The Labute approximate surface area is 566 Å². The van der Waals surface area contributed by atoms with Crippen LogP contribution in [0.15, 0.2) is 36.9 Å². The molecular weight excluding hydrogens is 1270 g/mol. The van der Waals surface area contributed by atoms with Crippen LogP contribution in [0.25, 0.3) is 22.3 Å². The van der Waals surface area contributed by atoms with Crippen LogP contribution in [-0.4, -0.2) is 124 Å². The van der Waals surface area contributed by atoms with Crippen LogP contribution >= 0.6 is 23.2 Å². The van der Waals surface area contributed by atoms with Gasteiger partial charge in [0.25, 0.3) is 0 Å². The fraction of sp³-hybridized carbons (Fsp3) is 0.706. The van der Waals surface area contributed by atoms with E-state index in [4.69, 9.17) is 51.7 Å². The minimum absolute atomic E-state index is 0.0149. The molecule has 0 radical (unpaired) electrons. The van der Waals surface area contributed by atoms with Crippen LogP contribution in [0.3, 0.4) is 0 Å². The fourth-order valence-electron chi connectivity index (χ4n) is 10.7.